The van der Waals surface area contributed by atoms with Crippen LogP contribution in [0.2, 0.25) is 0 Å². The van der Waals surface area contributed by atoms with Gasteiger partial charge in [-0.05, 0) is 66.1 Å². The molecule has 0 radical (unpaired) electrons. The monoisotopic (exact) mass is 626 g/mol. The Hall–Kier alpha value is -5.67. The summed E-state index contributed by atoms with van der Waals surface area (Å²) in [5.41, 5.74) is 2.45. The van der Waals surface area contributed by atoms with Gasteiger partial charge < -0.3 is 10.4 Å². The molecule has 0 saturated carbocycles. The number of pyridine rings is 1. The number of aliphatic carboxylic acids is 1. The zero-order valence-electron chi connectivity index (χ0n) is 23.6. The Kier molecular flexibility index (Phi) is 8.56. The Morgan fingerprint density at radius 2 is 1.64 bits per heavy atom. The minimum Gasteiger partial charge on any atom is -0.480 e. The van der Waals surface area contributed by atoms with Crippen molar-refractivity contribution in [2.45, 2.75) is 24.3 Å². The maximum absolute atomic E-state index is 15.0. The number of amides is 1. The first kappa shape index (κ1) is 30.8. The minimum atomic E-state index is -4.17. The van der Waals surface area contributed by atoms with Gasteiger partial charge in [0.15, 0.2) is 0 Å². The molecule has 1 amide bonds. The third-order valence-electron chi connectivity index (χ3n) is 7.11. The summed E-state index contributed by atoms with van der Waals surface area (Å²) >= 11 is 0. The first-order chi connectivity index (χ1) is 21.5. The largest absolute Gasteiger partial charge is 0.480 e. The first-order valence-corrected chi connectivity index (χ1v) is 14.9. The van der Waals surface area contributed by atoms with Gasteiger partial charge in [-0.25, -0.2) is 22.0 Å². The average molecular weight is 627 g/mol. The van der Waals surface area contributed by atoms with Crippen LogP contribution in [0.3, 0.4) is 0 Å². The van der Waals surface area contributed by atoms with Crippen LogP contribution in [0.1, 0.15) is 27.0 Å². The van der Waals surface area contributed by atoms with Gasteiger partial charge in [-0.2, -0.15) is 5.26 Å². The SMILES string of the molecule is Cc1cc(C#N)ccc1-c1ccc(C[C@H](NC(=O)c2c(F)cc(NS(=O)(=O)c3ccccc3)cc2F)C(=O)O)c2cccnc12. The number of halogens is 2. The van der Waals surface area contributed by atoms with Gasteiger partial charge in [-0.15, -0.1) is 0 Å². The molecule has 3 N–H and O–H groups in total. The number of rotatable bonds is 9. The highest BCUT2D eigenvalue weighted by Gasteiger charge is 2.27. The van der Waals surface area contributed by atoms with E-state index < -0.39 is 50.8 Å². The van der Waals surface area contributed by atoms with Crippen molar-refractivity contribution >= 4 is 38.5 Å². The number of anilines is 1. The highest BCUT2D eigenvalue weighted by molar-refractivity contribution is 7.92. The lowest BCUT2D eigenvalue weighted by molar-refractivity contribution is -0.139. The number of carbonyl (C=O) groups excluding carboxylic acids is 1. The third-order valence-corrected chi connectivity index (χ3v) is 8.51. The van der Waals surface area contributed by atoms with Crippen molar-refractivity contribution < 1.29 is 31.9 Å². The van der Waals surface area contributed by atoms with Crippen molar-refractivity contribution in [1.29, 1.82) is 5.26 Å². The summed E-state index contributed by atoms with van der Waals surface area (Å²) in [6.45, 7) is 1.86. The van der Waals surface area contributed by atoms with E-state index in [1.54, 1.807) is 54.7 Å². The van der Waals surface area contributed by atoms with Crippen LogP contribution < -0.4 is 10.0 Å². The molecule has 1 aromatic heterocycles. The van der Waals surface area contributed by atoms with Crippen LogP contribution in [0.5, 0.6) is 0 Å². The molecular formula is C33H24F2N4O5S. The molecule has 0 bridgehead atoms. The number of nitrogens with zero attached hydrogens (tertiary/aromatic N) is 2. The van der Waals surface area contributed by atoms with Gasteiger partial charge in [0.2, 0.25) is 0 Å². The molecule has 0 unspecified atom stereocenters. The van der Waals surface area contributed by atoms with Crippen molar-refractivity contribution in [2.75, 3.05) is 4.72 Å². The molecule has 0 spiro atoms. The van der Waals surface area contributed by atoms with Gasteiger partial charge in [0.1, 0.15) is 23.2 Å². The van der Waals surface area contributed by atoms with Crippen LogP contribution in [0.25, 0.3) is 22.0 Å². The van der Waals surface area contributed by atoms with Crippen molar-refractivity contribution in [1.82, 2.24) is 10.3 Å². The lowest BCUT2D eigenvalue weighted by Gasteiger charge is -2.18. The van der Waals surface area contributed by atoms with Gasteiger partial charge in [0, 0.05) is 23.6 Å². The molecule has 0 saturated heterocycles. The molecule has 12 heteroatoms. The van der Waals surface area contributed by atoms with E-state index in [0.29, 0.717) is 34.2 Å². The molecule has 5 rings (SSSR count). The van der Waals surface area contributed by atoms with E-state index in [0.717, 1.165) is 16.7 Å². The number of hydrogen-bond acceptors (Lipinski definition) is 6. The maximum Gasteiger partial charge on any atom is 0.326 e. The molecule has 45 heavy (non-hydrogen) atoms. The minimum absolute atomic E-state index is 0.139. The maximum atomic E-state index is 15.0. The zero-order chi connectivity index (χ0) is 32.3. The molecule has 5 aromatic rings. The molecule has 4 aromatic carbocycles. The van der Waals surface area contributed by atoms with Crippen molar-refractivity contribution in [3.8, 4) is 17.2 Å². The lowest BCUT2D eigenvalue weighted by atomic mass is 9.92. The van der Waals surface area contributed by atoms with E-state index in [1.807, 2.05) is 6.92 Å². The van der Waals surface area contributed by atoms with Crippen LogP contribution in [0.4, 0.5) is 14.5 Å². The number of nitrogens with one attached hydrogen (secondary N) is 2. The van der Waals surface area contributed by atoms with Gasteiger partial charge in [0.05, 0.1) is 27.7 Å². The summed E-state index contributed by atoms with van der Waals surface area (Å²) in [4.78, 5) is 29.5. The Morgan fingerprint density at radius 3 is 2.29 bits per heavy atom. The number of carboxylic acid groups (broad SMARTS) is 1. The van der Waals surface area contributed by atoms with Crippen molar-refractivity contribution in [3.05, 3.63) is 125 Å². The van der Waals surface area contributed by atoms with E-state index in [4.69, 9.17) is 0 Å². The Bertz CT molecular complexity index is 2090. The topological polar surface area (TPSA) is 149 Å². The predicted molar refractivity (Wildman–Crippen MR) is 163 cm³/mol. The fourth-order valence-corrected chi connectivity index (χ4v) is 6.04. The average Bonchev–Trinajstić information content (AvgIpc) is 3.00. The number of sulfonamides is 1. The molecule has 0 aliphatic carbocycles. The third kappa shape index (κ3) is 6.48. The second-order valence-corrected chi connectivity index (χ2v) is 11.8. The lowest BCUT2D eigenvalue weighted by Crippen LogP contribution is -2.43. The Balaban J connectivity index is 1.41. The summed E-state index contributed by atoms with van der Waals surface area (Å²) in [5.74, 6) is -5.55. The Labute approximate surface area is 256 Å². The number of nitriles is 1. The number of aryl methyl sites for hydroxylation is 1. The van der Waals surface area contributed by atoms with Crippen LogP contribution >= 0.6 is 0 Å². The predicted octanol–water partition coefficient (Wildman–Crippen LogP) is 5.59. The van der Waals surface area contributed by atoms with E-state index in [-0.39, 0.29) is 11.3 Å². The summed E-state index contributed by atoms with van der Waals surface area (Å²) in [5, 5.41) is 21.9. The smallest absolute Gasteiger partial charge is 0.326 e. The molecule has 1 heterocycles. The normalized spacial score (nSPS) is 11.9. The first-order valence-electron chi connectivity index (χ1n) is 13.5. The quantitative estimate of drug-likeness (QED) is 0.193. The molecule has 0 aliphatic rings. The molecule has 9 nitrogen and oxygen atoms in total. The molecule has 1 atom stereocenters. The van der Waals surface area contributed by atoms with Crippen molar-refractivity contribution in [3.63, 3.8) is 0 Å². The van der Waals surface area contributed by atoms with E-state index in [1.165, 1.54) is 24.3 Å². The molecule has 0 aliphatic heterocycles. The van der Waals surface area contributed by atoms with Gasteiger partial charge in [0.25, 0.3) is 15.9 Å². The molecule has 226 valence electrons. The van der Waals surface area contributed by atoms with Crippen molar-refractivity contribution in [2.24, 2.45) is 0 Å². The van der Waals surface area contributed by atoms with E-state index in [9.17, 15) is 28.4 Å². The number of aromatic nitrogens is 1. The van der Waals surface area contributed by atoms with Crippen LogP contribution in [-0.4, -0.2) is 36.4 Å². The fraction of sp³-hybridized carbons (Fsp3) is 0.0909. The van der Waals surface area contributed by atoms with Crippen LogP contribution in [0.15, 0.2) is 96.0 Å². The number of carboxylic acids is 1. The van der Waals surface area contributed by atoms with E-state index >= 15 is 8.78 Å². The molecular weight excluding hydrogens is 602 g/mol. The number of carbonyl (C=O) groups is 2. The summed E-state index contributed by atoms with van der Waals surface area (Å²) in [7, 11) is -4.17. The Morgan fingerprint density at radius 1 is 0.956 bits per heavy atom. The summed E-state index contributed by atoms with van der Waals surface area (Å²) in [6, 6.07) is 21.0. The second kappa shape index (κ2) is 12.5. The van der Waals surface area contributed by atoms with Crippen LogP contribution in [-0.2, 0) is 21.2 Å². The van der Waals surface area contributed by atoms with E-state index in [2.05, 4.69) is 21.1 Å². The van der Waals surface area contributed by atoms with Gasteiger partial charge in [-0.1, -0.05) is 42.5 Å². The summed E-state index contributed by atoms with van der Waals surface area (Å²) < 4.78 is 57.2. The highest BCUT2D eigenvalue weighted by atomic mass is 32.2. The highest BCUT2D eigenvalue weighted by Crippen LogP contribution is 2.32. The fourth-order valence-electron chi connectivity index (χ4n) is 4.98. The second-order valence-electron chi connectivity index (χ2n) is 10.1. The number of benzene rings is 4. The summed E-state index contributed by atoms with van der Waals surface area (Å²) in [6.07, 6.45) is 1.34. The number of hydrogen-bond donors (Lipinski definition) is 3. The molecule has 0 fully saturated rings. The van der Waals surface area contributed by atoms with Gasteiger partial charge >= 0.3 is 5.97 Å². The van der Waals surface area contributed by atoms with Crippen LogP contribution in [0, 0.1) is 29.9 Å². The standard InChI is InChI=1S/C33H24F2N4O5S/c1-19-14-20(18-36)9-11-24(19)26-12-10-21(25-8-5-13-37-31(25)26)15-29(33(41)42)38-32(40)30-27(34)16-22(17-28(30)35)39-45(43,44)23-6-3-2-4-7-23/h2-14,16-17,29,39H,15H2,1H3,(H,38,40)(H,41,42)/t29-/m0/s1. The number of fused-ring (bicyclic) bond motifs is 1. The zero-order valence-corrected chi connectivity index (χ0v) is 24.4. The van der Waals surface area contributed by atoms with Gasteiger partial charge in [-0.3, -0.25) is 14.5 Å².